The first-order valence-electron chi connectivity index (χ1n) is 7.03. The molecule has 5 heteroatoms. The van der Waals surface area contributed by atoms with Crippen LogP contribution >= 0.6 is 0 Å². The highest BCUT2D eigenvalue weighted by molar-refractivity contribution is 5.46. The van der Waals surface area contributed by atoms with E-state index in [4.69, 9.17) is 18.6 Å². The van der Waals surface area contributed by atoms with Crippen LogP contribution in [0.3, 0.4) is 0 Å². The number of ether oxygens (including phenoxy) is 3. The van der Waals surface area contributed by atoms with Gasteiger partial charge in [-0.1, -0.05) is 13.8 Å². The Morgan fingerprint density at radius 1 is 1.19 bits per heavy atom. The first kappa shape index (κ1) is 13.8. The van der Waals surface area contributed by atoms with Gasteiger partial charge in [0.15, 0.2) is 11.5 Å². The molecule has 5 nitrogen and oxygen atoms in total. The first-order valence-corrected chi connectivity index (χ1v) is 7.03. The lowest BCUT2D eigenvalue weighted by Crippen LogP contribution is -2.22. The Morgan fingerprint density at radius 3 is 2.90 bits per heavy atom. The monoisotopic (exact) mass is 289 g/mol. The Balaban J connectivity index is 1.61. The lowest BCUT2D eigenvalue weighted by atomic mass is 10.2. The van der Waals surface area contributed by atoms with Crippen LogP contribution in [0.2, 0.25) is 0 Å². The number of nitrogens with one attached hydrogen (secondary N) is 1. The van der Waals surface area contributed by atoms with Gasteiger partial charge in [-0.05, 0) is 18.2 Å². The maximum Gasteiger partial charge on any atom is 0.231 e. The van der Waals surface area contributed by atoms with Crippen LogP contribution < -0.4 is 19.5 Å². The normalized spacial score (nSPS) is 12.9. The molecule has 1 aliphatic heterocycles. The quantitative estimate of drug-likeness (QED) is 0.885. The second kappa shape index (κ2) is 6.10. The summed E-state index contributed by atoms with van der Waals surface area (Å²) in [6.07, 6.45) is 1.69. The maximum atomic E-state index is 5.77. The summed E-state index contributed by atoms with van der Waals surface area (Å²) in [6.45, 7) is 5.66. The highest BCUT2D eigenvalue weighted by Crippen LogP contribution is 2.35. The van der Waals surface area contributed by atoms with Crippen LogP contribution in [0.1, 0.15) is 25.2 Å². The fourth-order valence-electron chi connectivity index (χ4n) is 2.08. The van der Waals surface area contributed by atoms with Gasteiger partial charge in [0.25, 0.3) is 0 Å². The molecule has 0 radical (unpaired) electrons. The van der Waals surface area contributed by atoms with Crippen molar-refractivity contribution in [3.8, 4) is 17.2 Å². The lowest BCUT2D eigenvalue weighted by Gasteiger charge is -2.09. The molecular weight excluding hydrogens is 270 g/mol. The zero-order valence-corrected chi connectivity index (χ0v) is 12.2. The van der Waals surface area contributed by atoms with Crippen molar-refractivity contribution in [1.29, 1.82) is 0 Å². The van der Waals surface area contributed by atoms with Crippen LogP contribution in [-0.4, -0.2) is 12.8 Å². The van der Waals surface area contributed by atoms with Gasteiger partial charge in [-0.3, -0.25) is 0 Å². The van der Waals surface area contributed by atoms with E-state index in [2.05, 4.69) is 19.2 Å². The zero-order chi connectivity index (χ0) is 14.7. The van der Waals surface area contributed by atoms with Crippen LogP contribution in [0.15, 0.2) is 34.9 Å². The number of hydrogen-bond acceptors (Lipinski definition) is 5. The molecule has 0 fully saturated rings. The van der Waals surface area contributed by atoms with Crippen molar-refractivity contribution >= 4 is 0 Å². The van der Waals surface area contributed by atoms with Crippen LogP contribution in [0, 0.1) is 0 Å². The summed E-state index contributed by atoms with van der Waals surface area (Å²) in [5, 5.41) is 3.37. The van der Waals surface area contributed by atoms with Gasteiger partial charge in [0.05, 0.1) is 6.26 Å². The molecule has 0 saturated heterocycles. The van der Waals surface area contributed by atoms with Gasteiger partial charge in [-0.15, -0.1) is 0 Å². The third-order valence-corrected chi connectivity index (χ3v) is 3.25. The number of rotatable bonds is 6. The lowest BCUT2D eigenvalue weighted by molar-refractivity contribution is 0.173. The predicted molar refractivity (Wildman–Crippen MR) is 77.6 cm³/mol. The van der Waals surface area contributed by atoms with E-state index in [-0.39, 0.29) is 6.79 Å². The summed E-state index contributed by atoms with van der Waals surface area (Å²) in [4.78, 5) is 0. The van der Waals surface area contributed by atoms with Crippen LogP contribution in [-0.2, 0) is 13.2 Å². The third kappa shape index (κ3) is 3.31. The number of fused-ring (bicyclic) bond motifs is 1. The molecule has 1 aromatic carbocycles. The third-order valence-electron chi connectivity index (χ3n) is 3.25. The Bertz CT molecular complexity index is 606. The fraction of sp³-hybridized carbons (Fsp3) is 0.375. The van der Waals surface area contributed by atoms with Crippen LogP contribution in [0.5, 0.6) is 17.2 Å². The minimum Gasteiger partial charge on any atom is -0.486 e. The number of furan rings is 1. The minimum absolute atomic E-state index is 0.266. The van der Waals surface area contributed by atoms with Crippen molar-refractivity contribution in [1.82, 2.24) is 5.32 Å². The Hall–Kier alpha value is -2.14. The van der Waals surface area contributed by atoms with E-state index >= 15 is 0 Å². The summed E-state index contributed by atoms with van der Waals surface area (Å²) in [5.41, 5.74) is 1.12. The van der Waals surface area contributed by atoms with Crippen molar-refractivity contribution in [2.75, 3.05) is 6.79 Å². The van der Waals surface area contributed by atoms with Crippen molar-refractivity contribution in [2.45, 2.75) is 33.0 Å². The second-order valence-electron chi connectivity index (χ2n) is 5.21. The smallest absolute Gasteiger partial charge is 0.231 e. The molecule has 0 aliphatic carbocycles. The summed E-state index contributed by atoms with van der Waals surface area (Å²) < 4.78 is 21.9. The molecule has 0 spiro atoms. The molecule has 0 amide bonds. The van der Waals surface area contributed by atoms with Gasteiger partial charge >= 0.3 is 0 Å². The standard InChI is InChI=1S/C16H19NO4/c1-11(2)17-8-12-5-6-18-16(12)9-19-13-3-4-14-15(7-13)21-10-20-14/h3-7,11,17H,8-10H2,1-2H3. The van der Waals surface area contributed by atoms with Gasteiger partial charge in [-0.25, -0.2) is 0 Å². The Labute approximate surface area is 123 Å². The summed E-state index contributed by atoms with van der Waals surface area (Å²) >= 11 is 0. The molecule has 1 N–H and O–H groups in total. The van der Waals surface area contributed by atoms with Gasteiger partial charge < -0.3 is 23.9 Å². The molecule has 0 unspecified atom stereocenters. The molecule has 3 rings (SSSR count). The van der Waals surface area contributed by atoms with Crippen molar-refractivity contribution in [2.24, 2.45) is 0 Å². The predicted octanol–water partition coefficient (Wildman–Crippen LogP) is 3.09. The van der Waals surface area contributed by atoms with E-state index in [9.17, 15) is 0 Å². The van der Waals surface area contributed by atoms with E-state index in [0.29, 0.717) is 18.4 Å². The zero-order valence-electron chi connectivity index (χ0n) is 12.2. The van der Waals surface area contributed by atoms with E-state index in [0.717, 1.165) is 29.4 Å². The van der Waals surface area contributed by atoms with Crippen molar-refractivity contribution < 1.29 is 18.6 Å². The molecule has 2 heterocycles. The van der Waals surface area contributed by atoms with Gasteiger partial charge in [0.1, 0.15) is 18.1 Å². The largest absolute Gasteiger partial charge is 0.486 e. The van der Waals surface area contributed by atoms with E-state index in [1.54, 1.807) is 6.26 Å². The summed E-state index contributed by atoms with van der Waals surface area (Å²) in [7, 11) is 0. The van der Waals surface area contributed by atoms with Gasteiger partial charge in [-0.2, -0.15) is 0 Å². The SMILES string of the molecule is CC(C)NCc1ccoc1COc1ccc2c(c1)OCO2. The highest BCUT2D eigenvalue weighted by atomic mass is 16.7. The van der Waals surface area contributed by atoms with E-state index in [1.807, 2.05) is 24.3 Å². The van der Waals surface area contributed by atoms with Crippen LogP contribution in [0.4, 0.5) is 0 Å². The molecule has 112 valence electrons. The Morgan fingerprint density at radius 2 is 2.05 bits per heavy atom. The molecule has 0 saturated carbocycles. The van der Waals surface area contributed by atoms with E-state index in [1.165, 1.54) is 0 Å². The van der Waals surface area contributed by atoms with Gasteiger partial charge in [0.2, 0.25) is 6.79 Å². The van der Waals surface area contributed by atoms with Crippen molar-refractivity contribution in [3.63, 3.8) is 0 Å². The number of benzene rings is 1. The molecule has 1 aromatic heterocycles. The van der Waals surface area contributed by atoms with Gasteiger partial charge in [0, 0.05) is 24.2 Å². The molecule has 21 heavy (non-hydrogen) atoms. The first-order chi connectivity index (χ1) is 10.2. The van der Waals surface area contributed by atoms with Crippen LogP contribution in [0.25, 0.3) is 0 Å². The molecule has 1 aliphatic rings. The average molecular weight is 289 g/mol. The molecule has 0 bridgehead atoms. The molecule has 2 aromatic rings. The average Bonchev–Trinajstić information content (AvgIpc) is 3.11. The molecule has 0 atom stereocenters. The topological polar surface area (TPSA) is 52.9 Å². The Kier molecular flexibility index (Phi) is 4.01. The highest BCUT2D eigenvalue weighted by Gasteiger charge is 2.14. The maximum absolute atomic E-state index is 5.77. The second-order valence-corrected chi connectivity index (χ2v) is 5.21. The summed E-state index contributed by atoms with van der Waals surface area (Å²) in [6, 6.07) is 7.94. The van der Waals surface area contributed by atoms with Crippen molar-refractivity contribution in [3.05, 3.63) is 41.9 Å². The minimum atomic E-state index is 0.266. The summed E-state index contributed by atoms with van der Waals surface area (Å²) in [5.74, 6) is 3.04. The van der Waals surface area contributed by atoms with E-state index < -0.39 is 0 Å². The number of hydrogen-bond donors (Lipinski definition) is 1. The molecular formula is C16H19NO4. The fourth-order valence-corrected chi connectivity index (χ4v) is 2.08.